The summed E-state index contributed by atoms with van der Waals surface area (Å²) in [7, 11) is 0. The molecule has 1 heterocycles. The third kappa shape index (κ3) is 4.68. The summed E-state index contributed by atoms with van der Waals surface area (Å²) in [5.41, 5.74) is 9.85. The first kappa shape index (κ1) is 22.3. The van der Waals surface area contributed by atoms with Gasteiger partial charge in [0.15, 0.2) is 0 Å². The molecule has 5 nitrogen and oxygen atoms in total. The van der Waals surface area contributed by atoms with E-state index < -0.39 is 5.54 Å². The lowest BCUT2D eigenvalue weighted by Crippen LogP contribution is -2.51. The molecule has 2 unspecified atom stereocenters. The Morgan fingerprint density at radius 3 is 2.60 bits per heavy atom. The number of halogens is 1. The summed E-state index contributed by atoms with van der Waals surface area (Å²) < 4.78 is 0. The van der Waals surface area contributed by atoms with E-state index in [2.05, 4.69) is 11.4 Å². The zero-order valence-electron chi connectivity index (χ0n) is 17.4. The fourth-order valence-corrected chi connectivity index (χ4v) is 4.59. The third-order valence-electron chi connectivity index (χ3n) is 6.34. The highest BCUT2D eigenvalue weighted by Crippen LogP contribution is 2.32. The van der Waals surface area contributed by atoms with Crippen LogP contribution in [-0.2, 0) is 22.4 Å². The summed E-state index contributed by atoms with van der Waals surface area (Å²) in [5.74, 6) is -0.0622. The number of nitrogens with two attached hydrogens (primary N) is 1. The Kier molecular flexibility index (Phi) is 6.84. The number of hydrogen-bond acceptors (Lipinski definition) is 3. The van der Waals surface area contributed by atoms with Gasteiger partial charge in [-0.1, -0.05) is 43.2 Å². The molecule has 0 spiro atoms. The minimum absolute atomic E-state index is 0. The second kappa shape index (κ2) is 9.19. The number of hydrogen-bond donors (Lipinski definition) is 2. The number of fused-ring (bicyclic) bond motifs is 1. The average molecular weight is 428 g/mol. The molecule has 4 rings (SSSR count). The Morgan fingerprint density at radius 2 is 1.87 bits per heavy atom. The molecule has 1 fully saturated rings. The first-order valence-electron chi connectivity index (χ1n) is 10.5. The lowest BCUT2D eigenvalue weighted by atomic mass is 9.74. The van der Waals surface area contributed by atoms with Crippen molar-refractivity contribution in [2.24, 2.45) is 11.7 Å². The quantitative estimate of drug-likeness (QED) is 0.771. The number of anilines is 2. The van der Waals surface area contributed by atoms with Gasteiger partial charge in [-0.2, -0.15) is 0 Å². The lowest BCUT2D eigenvalue weighted by Gasteiger charge is -2.37. The number of nitrogens with one attached hydrogen (secondary N) is 1. The van der Waals surface area contributed by atoms with E-state index >= 15 is 0 Å². The highest BCUT2D eigenvalue weighted by atomic mass is 35.5. The Bertz CT molecular complexity index is 911. The molecule has 3 N–H and O–H groups in total. The van der Waals surface area contributed by atoms with E-state index in [0.717, 1.165) is 55.6 Å². The fourth-order valence-electron chi connectivity index (χ4n) is 4.59. The molecular formula is C24H30ClN3O2. The number of carbonyl (C=O) groups is 2. The summed E-state index contributed by atoms with van der Waals surface area (Å²) >= 11 is 0. The van der Waals surface area contributed by atoms with Crippen LogP contribution in [0.15, 0.2) is 48.5 Å². The number of carbonyl (C=O) groups excluding carboxylic acids is 2. The Hall–Kier alpha value is -2.37. The minimum Gasteiger partial charge on any atom is -0.326 e. The monoisotopic (exact) mass is 427 g/mol. The third-order valence-corrected chi connectivity index (χ3v) is 6.34. The van der Waals surface area contributed by atoms with Crippen molar-refractivity contribution in [3.8, 4) is 0 Å². The molecule has 30 heavy (non-hydrogen) atoms. The Labute approximate surface area is 184 Å². The van der Waals surface area contributed by atoms with E-state index in [1.54, 1.807) is 0 Å². The van der Waals surface area contributed by atoms with Crippen molar-refractivity contribution in [1.29, 1.82) is 0 Å². The molecule has 6 heteroatoms. The molecule has 0 saturated heterocycles. The highest BCUT2D eigenvalue weighted by molar-refractivity contribution is 5.97. The van der Waals surface area contributed by atoms with Crippen molar-refractivity contribution in [2.75, 3.05) is 16.8 Å². The normalized spacial score (nSPS) is 22.7. The zero-order valence-corrected chi connectivity index (χ0v) is 18.2. The SMILES string of the molecule is CC1(N)CCCCC1C(=O)Nc1ccc(CC(=O)N2CCc3ccccc32)cc1.Cl. The molecular weight excluding hydrogens is 398 g/mol. The topological polar surface area (TPSA) is 75.4 Å². The molecule has 160 valence electrons. The second-order valence-corrected chi connectivity index (χ2v) is 8.59. The molecule has 0 radical (unpaired) electrons. The summed E-state index contributed by atoms with van der Waals surface area (Å²) in [6.07, 6.45) is 5.11. The van der Waals surface area contributed by atoms with E-state index in [1.807, 2.05) is 54.3 Å². The first-order valence-corrected chi connectivity index (χ1v) is 10.5. The standard InChI is InChI=1S/C24H29N3O2.ClH/c1-24(25)14-5-4-7-20(24)23(29)26-19-11-9-17(10-12-19)16-22(28)27-15-13-18-6-2-3-8-21(18)27;/h2-3,6,8-12,20H,4-5,7,13-16,25H2,1H3,(H,26,29);1H. The van der Waals surface area contributed by atoms with E-state index in [0.29, 0.717) is 6.42 Å². The minimum atomic E-state index is -0.444. The number of benzene rings is 2. The molecule has 0 aromatic heterocycles. The van der Waals surface area contributed by atoms with Gasteiger partial charge in [-0.3, -0.25) is 9.59 Å². The van der Waals surface area contributed by atoms with Gasteiger partial charge in [0.2, 0.25) is 11.8 Å². The molecule has 2 amide bonds. The van der Waals surface area contributed by atoms with Crippen molar-refractivity contribution in [2.45, 2.75) is 51.0 Å². The van der Waals surface area contributed by atoms with Crippen molar-refractivity contribution in [3.63, 3.8) is 0 Å². The number of nitrogens with zero attached hydrogens (tertiary/aromatic N) is 1. The van der Waals surface area contributed by atoms with Crippen LogP contribution in [0.25, 0.3) is 0 Å². The van der Waals surface area contributed by atoms with Crippen molar-refractivity contribution in [1.82, 2.24) is 0 Å². The van der Waals surface area contributed by atoms with Gasteiger partial charge >= 0.3 is 0 Å². The van der Waals surface area contributed by atoms with E-state index in [-0.39, 0.29) is 30.1 Å². The maximum atomic E-state index is 12.8. The predicted molar refractivity (Wildman–Crippen MR) is 123 cm³/mol. The van der Waals surface area contributed by atoms with Gasteiger partial charge in [-0.15, -0.1) is 12.4 Å². The van der Waals surface area contributed by atoms with Gasteiger partial charge < -0.3 is 16.0 Å². The molecule has 2 aromatic carbocycles. The molecule has 1 aliphatic carbocycles. The first-order chi connectivity index (χ1) is 13.9. The van der Waals surface area contributed by atoms with Gasteiger partial charge in [0.1, 0.15) is 0 Å². The van der Waals surface area contributed by atoms with Crippen molar-refractivity contribution < 1.29 is 9.59 Å². The van der Waals surface area contributed by atoms with Crippen LogP contribution in [0, 0.1) is 5.92 Å². The Balaban J connectivity index is 0.00000256. The van der Waals surface area contributed by atoms with Crippen LogP contribution in [0.3, 0.4) is 0 Å². The van der Waals surface area contributed by atoms with Crippen LogP contribution in [0.5, 0.6) is 0 Å². The summed E-state index contributed by atoms with van der Waals surface area (Å²) in [5, 5.41) is 3.00. The van der Waals surface area contributed by atoms with Gasteiger partial charge in [-0.05, 0) is 55.5 Å². The molecule has 2 aliphatic rings. The Morgan fingerprint density at radius 1 is 1.13 bits per heavy atom. The van der Waals surface area contributed by atoms with E-state index in [1.165, 1.54) is 5.56 Å². The van der Waals surface area contributed by atoms with Crippen LogP contribution >= 0.6 is 12.4 Å². The van der Waals surface area contributed by atoms with Crippen molar-refractivity contribution >= 4 is 35.6 Å². The second-order valence-electron chi connectivity index (χ2n) is 8.59. The summed E-state index contributed by atoms with van der Waals surface area (Å²) in [6, 6.07) is 15.6. The van der Waals surface area contributed by atoms with E-state index in [4.69, 9.17) is 5.73 Å². The van der Waals surface area contributed by atoms with Crippen molar-refractivity contribution in [3.05, 3.63) is 59.7 Å². The predicted octanol–water partition coefficient (Wildman–Crippen LogP) is 4.09. The molecule has 2 atom stereocenters. The maximum Gasteiger partial charge on any atom is 0.231 e. The number of amides is 2. The van der Waals surface area contributed by atoms with Crippen LogP contribution < -0.4 is 16.0 Å². The smallest absolute Gasteiger partial charge is 0.231 e. The highest BCUT2D eigenvalue weighted by Gasteiger charge is 2.37. The van der Waals surface area contributed by atoms with Gasteiger partial charge in [0, 0.05) is 23.5 Å². The van der Waals surface area contributed by atoms with Gasteiger partial charge in [0.05, 0.1) is 12.3 Å². The van der Waals surface area contributed by atoms with Gasteiger partial charge in [0.25, 0.3) is 0 Å². The molecule has 0 bridgehead atoms. The molecule has 1 saturated carbocycles. The number of para-hydroxylation sites is 1. The number of rotatable bonds is 4. The van der Waals surface area contributed by atoms with Crippen LogP contribution in [-0.4, -0.2) is 23.9 Å². The largest absolute Gasteiger partial charge is 0.326 e. The van der Waals surface area contributed by atoms with Crippen LogP contribution in [0.2, 0.25) is 0 Å². The summed E-state index contributed by atoms with van der Waals surface area (Å²) in [4.78, 5) is 27.3. The van der Waals surface area contributed by atoms with Crippen LogP contribution in [0.4, 0.5) is 11.4 Å². The summed E-state index contributed by atoms with van der Waals surface area (Å²) in [6.45, 7) is 2.72. The lowest BCUT2D eigenvalue weighted by molar-refractivity contribution is -0.123. The maximum absolute atomic E-state index is 12.8. The van der Waals surface area contributed by atoms with E-state index in [9.17, 15) is 9.59 Å². The molecule has 2 aromatic rings. The van der Waals surface area contributed by atoms with Gasteiger partial charge in [-0.25, -0.2) is 0 Å². The molecule has 1 aliphatic heterocycles. The zero-order chi connectivity index (χ0) is 20.4. The van der Waals surface area contributed by atoms with Crippen LogP contribution in [0.1, 0.15) is 43.7 Å². The fraction of sp³-hybridized carbons (Fsp3) is 0.417. The average Bonchev–Trinajstić information content (AvgIpc) is 3.13.